The Morgan fingerprint density at radius 3 is 1.66 bits per heavy atom. The lowest BCUT2D eigenvalue weighted by atomic mass is 9.92. The molecule has 0 aliphatic carbocycles. The van der Waals surface area contributed by atoms with Crippen LogP contribution in [0.15, 0.2) is 84.9 Å². The highest BCUT2D eigenvalue weighted by Gasteiger charge is 2.41. The Bertz CT molecular complexity index is 2180. The van der Waals surface area contributed by atoms with Crippen molar-refractivity contribution in [3.05, 3.63) is 102 Å². The van der Waals surface area contributed by atoms with Crippen LogP contribution >= 0.6 is 0 Å². The summed E-state index contributed by atoms with van der Waals surface area (Å²) in [6, 6.07) is 23.7. The molecule has 71 heavy (non-hydrogen) atoms. The van der Waals surface area contributed by atoms with Gasteiger partial charge in [0, 0.05) is 50.9 Å². The van der Waals surface area contributed by atoms with E-state index >= 15 is 0 Å². The molecule has 1 N–H and O–H groups in total. The highest BCUT2D eigenvalue weighted by molar-refractivity contribution is 6.83. The van der Waals surface area contributed by atoms with E-state index in [4.69, 9.17) is 47.4 Å². The summed E-state index contributed by atoms with van der Waals surface area (Å²) < 4.78 is 61.7. The van der Waals surface area contributed by atoms with Crippen molar-refractivity contribution in [3.8, 4) is 40.6 Å². The zero-order chi connectivity index (χ0) is 51.6. The van der Waals surface area contributed by atoms with Gasteiger partial charge in [0.25, 0.3) is 0 Å². The molecule has 2 aliphatic rings. The predicted octanol–water partition coefficient (Wildman–Crippen LogP) is 11.6. The van der Waals surface area contributed by atoms with Crippen molar-refractivity contribution >= 4 is 8.07 Å². The Morgan fingerprint density at radius 1 is 0.648 bits per heavy atom. The fourth-order valence-corrected chi connectivity index (χ4v) is 9.70. The number of methoxy groups -OCH3 is 3. The highest BCUT2D eigenvalue weighted by atomic mass is 28.3. The van der Waals surface area contributed by atoms with Crippen LogP contribution in [-0.2, 0) is 53.0 Å². The zero-order valence-corrected chi connectivity index (χ0v) is 46.0. The minimum atomic E-state index is -1.58. The van der Waals surface area contributed by atoms with Gasteiger partial charge in [-0.2, -0.15) is 0 Å². The maximum atomic E-state index is 11.4. The molecule has 0 radical (unpaired) electrons. The lowest BCUT2D eigenvalue weighted by Crippen LogP contribution is -2.49. The Balaban J connectivity index is 1.23. The molecule has 2 saturated heterocycles. The van der Waals surface area contributed by atoms with Crippen LogP contribution in [0.3, 0.4) is 0 Å². The number of hydrogen-bond acceptors (Lipinski definition) is 11. The molecule has 2 heterocycles. The second-order valence-electron chi connectivity index (χ2n) is 21.3. The van der Waals surface area contributed by atoms with Gasteiger partial charge in [-0.1, -0.05) is 101 Å². The van der Waals surface area contributed by atoms with Crippen molar-refractivity contribution in [1.82, 2.24) is 0 Å². The van der Waals surface area contributed by atoms with E-state index in [9.17, 15) is 5.11 Å². The fraction of sp³-hybridized carbons (Fsp3) is 0.593. The molecule has 0 bridgehead atoms. The smallest absolute Gasteiger partial charge is 0.163 e. The minimum Gasteiger partial charge on any atom is -0.497 e. The Kier molecular flexibility index (Phi) is 22.6. The van der Waals surface area contributed by atoms with Crippen LogP contribution in [-0.4, -0.2) is 94.9 Å². The largest absolute Gasteiger partial charge is 0.497 e. The molecule has 5 rings (SSSR count). The van der Waals surface area contributed by atoms with Gasteiger partial charge in [-0.05, 0) is 86.7 Å². The lowest BCUT2D eigenvalue weighted by molar-refractivity contribution is -0.322. The SMILES string of the molecule is COc1ccc(CO[C@@H](CC#C[Si](C)(C)C)C[C@H](O)CC#C[C@H](C[C@H]2C[C@@H](C[C@@H]3C[C@H](/C=C/[C@H](C)[C@@H](OCc4ccc(OC)cc4)C(C)C)OC(C)(C)O3)OC(C)(C)O2)OCc2ccc(OC)cc2)cc1. The molecule has 2 aliphatic heterocycles. The van der Waals surface area contributed by atoms with Crippen molar-refractivity contribution < 1.29 is 52.5 Å². The Hall–Kier alpha value is -4.18. The van der Waals surface area contributed by atoms with Gasteiger partial charge in [-0.3, -0.25) is 0 Å². The van der Waals surface area contributed by atoms with E-state index in [1.807, 2.05) is 100 Å². The average molecular weight is 997 g/mol. The zero-order valence-electron chi connectivity index (χ0n) is 45.0. The van der Waals surface area contributed by atoms with Crippen LogP contribution in [0.1, 0.15) is 110 Å². The van der Waals surface area contributed by atoms with Gasteiger partial charge in [0.1, 0.15) is 31.4 Å². The Labute approximate surface area is 427 Å². The molecule has 0 spiro atoms. The maximum Gasteiger partial charge on any atom is 0.163 e. The summed E-state index contributed by atoms with van der Waals surface area (Å²) >= 11 is 0. The van der Waals surface area contributed by atoms with Crippen LogP contribution in [0.2, 0.25) is 19.6 Å². The second-order valence-corrected chi connectivity index (χ2v) is 26.1. The maximum absolute atomic E-state index is 11.4. The summed E-state index contributed by atoms with van der Waals surface area (Å²) in [6.07, 6.45) is 6.12. The third kappa shape index (κ3) is 21.1. The van der Waals surface area contributed by atoms with E-state index < -0.39 is 31.9 Å². The van der Waals surface area contributed by atoms with Crippen LogP contribution in [0, 0.1) is 35.1 Å². The van der Waals surface area contributed by atoms with Crippen molar-refractivity contribution in [2.75, 3.05) is 21.3 Å². The minimum absolute atomic E-state index is 0.0265. The molecule has 0 amide bonds. The van der Waals surface area contributed by atoms with Gasteiger partial charge in [-0.15, -0.1) is 11.5 Å². The number of rotatable bonds is 24. The summed E-state index contributed by atoms with van der Waals surface area (Å²) in [4.78, 5) is 0. The first-order chi connectivity index (χ1) is 33.7. The topological polar surface area (TPSA) is 113 Å². The third-order valence-corrected chi connectivity index (χ3v) is 13.3. The van der Waals surface area contributed by atoms with E-state index in [0.717, 1.165) is 33.9 Å². The van der Waals surface area contributed by atoms with Gasteiger partial charge in [0.15, 0.2) is 11.6 Å². The molecule has 3 aromatic carbocycles. The van der Waals surface area contributed by atoms with E-state index in [1.165, 1.54) is 0 Å². The van der Waals surface area contributed by atoms with Gasteiger partial charge in [0.05, 0.1) is 83.9 Å². The van der Waals surface area contributed by atoms with Crippen molar-refractivity contribution in [2.45, 2.75) is 193 Å². The normalized spacial score (nSPS) is 22.0. The monoisotopic (exact) mass is 997 g/mol. The summed E-state index contributed by atoms with van der Waals surface area (Å²) in [7, 11) is 3.40. The summed E-state index contributed by atoms with van der Waals surface area (Å²) in [5, 5.41) is 11.4. The van der Waals surface area contributed by atoms with Gasteiger partial charge < -0.3 is 52.5 Å². The highest BCUT2D eigenvalue weighted by Crippen LogP contribution is 2.36. The van der Waals surface area contributed by atoms with Crippen LogP contribution < -0.4 is 14.2 Å². The molecule has 12 heteroatoms. The third-order valence-electron chi connectivity index (χ3n) is 12.4. The molecule has 9 atom stereocenters. The van der Waals surface area contributed by atoms with Crippen LogP contribution in [0.5, 0.6) is 17.2 Å². The summed E-state index contributed by atoms with van der Waals surface area (Å²) in [5.41, 5.74) is 6.58. The molecule has 11 nitrogen and oxygen atoms in total. The van der Waals surface area contributed by atoms with E-state index in [1.54, 1.807) is 21.3 Å². The first-order valence-corrected chi connectivity index (χ1v) is 29.0. The fourth-order valence-electron chi connectivity index (χ4n) is 9.07. The standard InChI is InChI=1S/C59H84O11Si/c1-42(2)57(66-41-46-24-31-50(63-10)32-25-46)43(3)19-26-53-36-55(69-58(4,5)67-53)38-56-37-54(68-59(6,7)70-56)35-52(65-40-45-22-29-49(62-9)30-23-45)17-14-16-47(60)34-51(18-15-33-71(11,12)13)64-39-44-20-27-48(61-8)28-21-44/h19-32,42-43,47,51-57,60H,16,18,34-41H2,1-13H3/b26-19+/t43-,47+,51-,52+,53-,54-,55-,56-,57-/m0/s1. The molecular formula is C59H84O11Si. The number of ether oxygens (including phenoxy) is 10. The number of benzene rings is 3. The van der Waals surface area contributed by atoms with E-state index in [-0.39, 0.29) is 49.0 Å². The number of aliphatic hydroxyl groups excluding tert-OH is 1. The van der Waals surface area contributed by atoms with Gasteiger partial charge in [-0.25, -0.2) is 0 Å². The molecule has 0 aromatic heterocycles. The predicted molar refractivity (Wildman–Crippen MR) is 283 cm³/mol. The number of hydrogen-bond donors (Lipinski definition) is 1. The quantitative estimate of drug-likeness (QED) is 0.0526. The van der Waals surface area contributed by atoms with Crippen LogP contribution in [0.4, 0.5) is 0 Å². The van der Waals surface area contributed by atoms with Gasteiger partial charge in [0.2, 0.25) is 0 Å². The molecule has 0 unspecified atom stereocenters. The Morgan fingerprint density at radius 2 is 1.14 bits per heavy atom. The molecule has 2 fully saturated rings. The van der Waals surface area contributed by atoms with Crippen molar-refractivity contribution in [2.24, 2.45) is 11.8 Å². The molecular weight excluding hydrogens is 913 g/mol. The first-order valence-electron chi connectivity index (χ1n) is 25.5. The molecule has 0 saturated carbocycles. The van der Waals surface area contributed by atoms with Crippen molar-refractivity contribution in [1.29, 1.82) is 0 Å². The molecule has 390 valence electrons. The average Bonchev–Trinajstić information content (AvgIpc) is 3.30. The second kappa shape index (κ2) is 27.8. The molecule has 3 aromatic rings. The van der Waals surface area contributed by atoms with Gasteiger partial charge >= 0.3 is 0 Å². The van der Waals surface area contributed by atoms with E-state index in [2.05, 4.69) is 75.9 Å². The van der Waals surface area contributed by atoms with E-state index in [0.29, 0.717) is 64.3 Å². The first kappa shape index (κ1) is 57.7. The van der Waals surface area contributed by atoms with Crippen molar-refractivity contribution in [3.63, 3.8) is 0 Å². The van der Waals surface area contributed by atoms with Crippen LogP contribution in [0.25, 0.3) is 0 Å². The number of aliphatic hydroxyl groups is 1. The summed E-state index contributed by atoms with van der Waals surface area (Å²) in [5.74, 6) is 11.3. The summed E-state index contributed by atoms with van der Waals surface area (Å²) in [6.45, 7) is 22.5. The lowest BCUT2D eigenvalue weighted by Gasteiger charge is -2.45.